The molecule has 1 saturated carbocycles. The van der Waals surface area contributed by atoms with Gasteiger partial charge in [0.2, 0.25) is 0 Å². The molecule has 0 saturated heterocycles. The Bertz CT molecular complexity index is 911. The summed E-state index contributed by atoms with van der Waals surface area (Å²) in [5, 5.41) is 3.42. The van der Waals surface area contributed by atoms with Gasteiger partial charge in [-0.1, -0.05) is 62.0 Å². The minimum Gasteiger partial charge on any atom is -0.315 e. The van der Waals surface area contributed by atoms with Crippen molar-refractivity contribution in [2.24, 2.45) is 11.8 Å². The highest BCUT2D eigenvalue weighted by molar-refractivity contribution is 8.02. The predicted molar refractivity (Wildman–Crippen MR) is 147 cm³/mol. The molecule has 0 bridgehead atoms. The van der Waals surface area contributed by atoms with Gasteiger partial charge in [0.15, 0.2) is 0 Å². The van der Waals surface area contributed by atoms with Crippen LogP contribution in [0.1, 0.15) is 70.9 Å². The molecule has 1 unspecified atom stereocenters. The summed E-state index contributed by atoms with van der Waals surface area (Å²) >= 11 is 3.79. The van der Waals surface area contributed by atoms with Crippen LogP contribution in [0.15, 0.2) is 57.0 Å². The highest BCUT2D eigenvalue weighted by Gasteiger charge is 2.22. The lowest BCUT2D eigenvalue weighted by molar-refractivity contribution is 0.314. The van der Waals surface area contributed by atoms with Gasteiger partial charge in [-0.15, -0.1) is 23.5 Å². The summed E-state index contributed by atoms with van der Waals surface area (Å²) in [5.74, 6) is 5.49. The molecule has 0 amide bonds. The number of hydrogen-bond acceptors (Lipinski definition) is 3. The first kappa shape index (κ1) is 26.7. The van der Waals surface area contributed by atoms with E-state index in [1.54, 1.807) is 5.57 Å². The van der Waals surface area contributed by atoms with E-state index in [0.717, 1.165) is 23.8 Å². The number of hydrogen-bond donors (Lipinski definition) is 1. The molecule has 32 heavy (non-hydrogen) atoms. The van der Waals surface area contributed by atoms with Crippen LogP contribution in [0, 0.1) is 37.6 Å². The second-order valence-corrected chi connectivity index (χ2v) is 10.8. The Morgan fingerprint density at radius 1 is 1.25 bits per heavy atom. The molecular weight excluding hydrogens is 426 g/mol. The van der Waals surface area contributed by atoms with E-state index in [9.17, 15) is 0 Å². The lowest BCUT2D eigenvalue weighted by Crippen LogP contribution is -2.15. The van der Waals surface area contributed by atoms with Gasteiger partial charge in [0.05, 0.1) is 5.70 Å². The van der Waals surface area contributed by atoms with E-state index in [1.165, 1.54) is 52.2 Å². The van der Waals surface area contributed by atoms with E-state index in [-0.39, 0.29) is 0 Å². The van der Waals surface area contributed by atoms with Crippen molar-refractivity contribution in [2.45, 2.75) is 78.5 Å². The molecule has 0 spiro atoms. The Labute approximate surface area is 206 Å². The van der Waals surface area contributed by atoms with Crippen molar-refractivity contribution < 1.29 is 0 Å². The second-order valence-electron chi connectivity index (χ2n) is 8.97. The fourth-order valence-electron chi connectivity index (χ4n) is 4.44. The van der Waals surface area contributed by atoms with Gasteiger partial charge in [0.25, 0.3) is 0 Å². The van der Waals surface area contributed by atoms with Crippen LogP contribution in [-0.4, -0.2) is 12.0 Å². The van der Waals surface area contributed by atoms with Crippen molar-refractivity contribution in [3.05, 3.63) is 63.2 Å². The third-order valence-electron chi connectivity index (χ3n) is 6.27. The average molecular weight is 468 g/mol. The Morgan fingerprint density at radius 2 is 2.03 bits per heavy atom. The van der Waals surface area contributed by atoms with Crippen molar-refractivity contribution in [1.82, 2.24) is 5.32 Å². The molecule has 1 aromatic carbocycles. The van der Waals surface area contributed by atoms with E-state index >= 15 is 0 Å². The van der Waals surface area contributed by atoms with Gasteiger partial charge in [-0.05, 0) is 88.3 Å². The summed E-state index contributed by atoms with van der Waals surface area (Å²) in [6.07, 6.45) is 13.3. The minimum atomic E-state index is 0.708. The molecule has 2 atom stereocenters. The SMILES string of the molecule is CC#CNC(=C/C(SC)=C(\C)[C@@H]1CCCC(C)C1)/C(=C/CC)CSc1ccc(C)cc1C. The fourth-order valence-corrected chi connectivity index (χ4v) is 6.20. The summed E-state index contributed by atoms with van der Waals surface area (Å²) in [7, 11) is 0. The zero-order chi connectivity index (χ0) is 23.5. The van der Waals surface area contributed by atoms with Gasteiger partial charge in [-0.3, -0.25) is 0 Å². The number of allylic oxidation sites excluding steroid dienone is 4. The summed E-state index contributed by atoms with van der Waals surface area (Å²) in [5.41, 5.74) is 6.69. The summed E-state index contributed by atoms with van der Waals surface area (Å²) < 4.78 is 0. The summed E-state index contributed by atoms with van der Waals surface area (Å²) in [6.45, 7) is 13.2. The standard InChI is InChI=1S/C29H41NS2/c1-8-11-26(20-32-28-15-14-22(4)17-23(28)5)27(30-16-9-2)19-29(31-7)24(6)25-13-10-12-21(3)18-25/h11,14-15,17,19,21,25,30H,8,10,12-13,18,20H2,1-7H3/b26-11+,27-19+,29-24-/t21?,25-/m1/s1. The Kier molecular flexibility index (Phi) is 11.6. The van der Waals surface area contributed by atoms with E-state index in [2.05, 4.69) is 88.5 Å². The van der Waals surface area contributed by atoms with Crippen LogP contribution < -0.4 is 5.32 Å². The van der Waals surface area contributed by atoms with Crippen molar-refractivity contribution in [1.29, 1.82) is 0 Å². The Balaban J connectivity index is 2.35. The van der Waals surface area contributed by atoms with Crippen LogP contribution in [0.3, 0.4) is 0 Å². The third-order valence-corrected chi connectivity index (χ3v) is 8.37. The van der Waals surface area contributed by atoms with Crippen LogP contribution in [0.4, 0.5) is 0 Å². The monoisotopic (exact) mass is 467 g/mol. The Hall–Kier alpha value is -1.50. The van der Waals surface area contributed by atoms with Gasteiger partial charge in [-0.2, -0.15) is 0 Å². The van der Waals surface area contributed by atoms with Gasteiger partial charge in [0, 0.05) is 21.6 Å². The molecule has 1 N–H and O–H groups in total. The van der Waals surface area contributed by atoms with Crippen molar-refractivity contribution in [3.8, 4) is 12.0 Å². The molecule has 1 aromatic rings. The zero-order valence-electron chi connectivity index (χ0n) is 21.1. The highest BCUT2D eigenvalue weighted by atomic mass is 32.2. The topological polar surface area (TPSA) is 12.0 Å². The maximum atomic E-state index is 3.42. The second kappa shape index (κ2) is 13.9. The van der Waals surface area contributed by atoms with Crippen LogP contribution in [0.25, 0.3) is 0 Å². The van der Waals surface area contributed by atoms with Crippen molar-refractivity contribution in [2.75, 3.05) is 12.0 Å². The quantitative estimate of drug-likeness (QED) is 0.169. The van der Waals surface area contributed by atoms with Crippen molar-refractivity contribution in [3.63, 3.8) is 0 Å². The first-order valence-electron chi connectivity index (χ1n) is 11.9. The maximum Gasteiger partial charge on any atom is 0.0507 e. The average Bonchev–Trinajstić information content (AvgIpc) is 2.77. The van der Waals surface area contributed by atoms with E-state index in [1.807, 2.05) is 30.4 Å². The molecule has 1 aliphatic carbocycles. The fraction of sp³-hybridized carbons (Fsp3) is 0.517. The lowest BCUT2D eigenvalue weighted by Gasteiger charge is -2.28. The predicted octanol–water partition coefficient (Wildman–Crippen LogP) is 8.65. The number of rotatable bonds is 9. The largest absolute Gasteiger partial charge is 0.315 e. The number of benzene rings is 1. The van der Waals surface area contributed by atoms with Gasteiger partial charge >= 0.3 is 0 Å². The molecule has 1 aliphatic rings. The smallest absolute Gasteiger partial charge is 0.0507 e. The number of aryl methyl sites for hydroxylation is 2. The third kappa shape index (κ3) is 8.13. The lowest BCUT2D eigenvalue weighted by atomic mass is 9.79. The van der Waals surface area contributed by atoms with Gasteiger partial charge in [-0.25, -0.2) is 0 Å². The highest BCUT2D eigenvalue weighted by Crippen LogP contribution is 2.37. The number of nitrogens with one attached hydrogen (secondary N) is 1. The molecule has 3 heteroatoms. The molecule has 1 nitrogen and oxygen atoms in total. The van der Waals surface area contributed by atoms with E-state index in [0.29, 0.717) is 5.92 Å². The number of thioether (sulfide) groups is 2. The molecule has 0 heterocycles. The molecule has 2 rings (SSSR count). The normalized spacial score (nSPS) is 20.3. The van der Waals surface area contributed by atoms with Crippen LogP contribution in [-0.2, 0) is 0 Å². The van der Waals surface area contributed by atoms with Crippen LogP contribution >= 0.6 is 23.5 Å². The van der Waals surface area contributed by atoms with Crippen LogP contribution in [0.5, 0.6) is 0 Å². The van der Waals surface area contributed by atoms with E-state index < -0.39 is 0 Å². The summed E-state index contributed by atoms with van der Waals surface area (Å²) in [6, 6.07) is 9.84. The molecule has 174 valence electrons. The molecule has 1 fully saturated rings. The molecule has 0 aliphatic heterocycles. The minimum absolute atomic E-state index is 0.708. The van der Waals surface area contributed by atoms with E-state index in [4.69, 9.17) is 0 Å². The van der Waals surface area contributed by atoms with Gasteiger partial charge in [0.1, 0.15) is 0 Å². The van der Waals surface area contributed by atoms with Crippen molar-refractivity contribution >= 4 is 23.5 Å². The zero-order valence-corrected chi connectivity index (χ0v) is 22.7. The van der Waals surface area contributed by atoms with Gasteiger partial charge < -0.3 is 5.32 Å². The first-order valence-corrected chi connectivity index (χ1v) is 14.1. The first-order chi connectivity index (χ1) is 15.4. The Morgan fingerprint density at radius 3 is 2.66 bits per heavy atom. The van der Waals surface area contributed by atoms with Crippen LogP contribution in [0.2, 0.25) is 0 Å². The molecule has 0 radical (unpaired) electrons. The summed E-state index contributed by atoms with van der Waals surface area (Å²) in [4.78, 5) is 2.74. The molecular formula is C29H41NS2. The molecule has 0 aromatic heterocycles. The maximum absolute atomic E-state index is 3.42.